The zero-order valence-electron chi connectivity index (χ0n) is 13.9. The van der Waals surface area contributed by atoms with Crippen LogP contribution < -0.4 is 0 Å². The van der Waals surface area contributed by atoms with Crippen molar-refractivity contribution in [1.82, 2.24) is 4.90 Å². The van der Waals surface area contributed by atoms with Gasteiger partial charge in [0.2, 0.25) is 0 Å². The van der Waals surface area contributed by atoms with Gasteiger partial charge in [-0.2, -0.15) is 13.2 Å². The van der Waals surface area contributed by atoms with Crippen molar-refractivity contribution in [3.63, 3.8) is 0 Å². The van der Waals surface area contributed by atoms with Crippen LogP contribution in [0, 0.1) is 0 Å². The lowest BCUT2D eigenvalue weighted by molar-refractivity contribution is -0.141. The second-order valence-electron chi connectivity index (χ2n) is 6.68. The third-order valence-corrected chi connectivity index (χ3v) is 3.52. The van der Waals surface area contributed by atoms with Gasteiger partial charge in [0, 0.05) is 12.6 Å². The number of alkyl halides is 3. The number of carbonyl (C=O) groups is 2. The largest absolute Gasteiger partial charge is 0.480 e. The first-order chi connectivity index (χ1) is 11.4. The van der Waals surface area contributed by atoms with E-state index in [0.29, 0.717) is 11.1 Å². The lowest BCUT2D eigenvalue weighted by Crippen LogP contribution is -2.41. The molecule has 0 aromatic heterocycles. The second kappa shape index (κ2) is 6.42. The molecule has 2 rings (SSSR count). The third kappa shape index (κ3) is 4.52. The SMILES string of the molecule is CC(C)(C)OC(=O)N1C=C(c2ccc(C(F)(F)F)cc2)C[C@H]1C(=O)O. The van der Waals surface area contributed by atoms with Gasteiger partial charge in [0.1, 0.15) is 11.6 Å². The molecule has 5 nitrogen and oxygen atoms in total. The summed E-state index contributed by atoms with van der Waals surface area (Å²) in [5.41, 5.74) is -0.726. The van der Waals surface area contributed by atoms with Crippen LogP contribution in [-0.4, -0.2) is 33.7 Å². The highest BCUT2D eigenvalue weighted by Crippen LogP contribution is 2.34. The van der Waals surface area contributed by atoms with Gasteiger partial charge < -0.3 is 9.84 Å². The van der Waals surface area contributed by atoms with E-state index in [1.165, 1.54) is 18.3 Å². The Morgan fingerprint density at radius 3 is 2.16 bits per heavy atom. The van der Waals surface area contributed by atoms with Crippen LogP contribution in [-0.2, 0) is 15.7 Å². The molecule has 136 valence electrons. The summed E-state index contributed by atoms with van der Waals surface area (Å²) in [5.74, 6) is -1.22. The van der Waals surface area contributed by atoms with Crippen molar-refractivity contribution in [2.24, 2.45) is 0 Å². The Balaban J connectivity index is 2.28. The number of carboxylic acids is 1. The lowest BCUT2D eigenvalue weighted by Gasteiger charge is -2.25. The van der Waals surface area contributed by atoms with Crippen molar-refractivity contribution in [2.45, 2.75) is 45.0 Å². The summed E-state index contributed by atoms with van der Waals surface area (Å²) in [4.78, 5) is 24.6. The van der Waals surface area contributed by atoms with Gasteiger partial charge in [0.15, 0.2) is 0 Å². The molecule has 0 unspecified atom stereocenters. The Kier molecular flexibility index (Phi) is 4.83. The van der Waals surface area contributed by atoms with E-state index in [1.54, 1.807) is 20.8 Å². The molecule has 25 heavy (non-hydrogen) atoms. The Morgan fingerprint density at radius 2 is 1.72 bits per heavy atom. The zero-order valence-corrected chi connectivity index (χ0v) is 13.9. The fourth-order valence-corrected chi connectivity index (χ4v) is 2.38. The number of nitrogens with zero attached hydrogens (tertiary/aromatic N) is 1. The van der Waals surface area contributed by atoms with Crippen LogP contribution in [0.5, 0.6) is 0 Å². The molecular formula is C17H18F3NO4. The summed E-state index contributed by atoms with van der Waals surface area (Å²) in [6.45, 7) is 4.95. The highest BCUT2D eigenvalue weighted by Gasteiger charge is 2.37. The van der Waals surface area contributed by atoms with E-state index >= 15 is 0 Å². The summed E-state index contributed by atoms with van der Waals surface area (Å²) in [6, 6.07) is 3.19. The van der Waals surface area contributed by atoms with Crippen LogP contribution in [0.2, 0.25) is 0 Å². The van der Waals surface area contributed by atoms with Crippen LogP contribution in [0.4, 0.5) is 18.0 Å². The van der Waals surface area contributed by atoms with Crippen molar-refractivity contribution >= 4 is 17.6 Å². The molecule has 0 saturated heterocycles. The van der Waals surface area contributed by atoms with Gasteiger partial charge in [0.05, 0.1) is 5.56 Å². The van der Waals surface area contributed by atoms with Gasteiger partial charge in [-0.05, 0) is 44.0 Å². The molecule has 1 amide bonds. The molecule has 0 fully saturated rings. The molecule has 1 atom stereocenters. The van der Waals surface area contributed by atoms with E-state index in [4.69, 9.17) is 4.74 Å². The number of amides is 1. The lowest BCUT2D eigenvalue weighted by atomic mass is 10.0. The van der Waals surface area contributed by atoms with Gasteiger partial charge >= 0.3 is 18.2 Å². The number of benzene rings is 1. The molecule has 0 bridgehead atoms. The smallest absolute Gasteiger partial charge is 0.416 e. The zero-order chi connectivity index (χ0) is 19.0. The molecule has 1 aromatic rings. The predicted octanol–water partition coefficient (Wildman–Crippen LogP) is 4.14. The Hall–Kier alpha value is -2.51. The fourth-order valence-electron chi connectivity index (χ4n) is 2.38. The van der Waals surface area contributed by atoms with Gasteiger partial charge in [0.25, 0.3) is 0 Å². The van der Waals surface area contributed by atoms with Gasteiger partial charge in [-0.15, -0.1) is 0 Å². The number of hydrogen-bond donors (Lipinski definition) is 1. The highest BCUT2D eigenvalue weighted by atomic mass is 19.4. The number of carboxylic acid groups (broad SMARTS) is 1. The first kappa shape index (κ1) is 18.8. The van der Waals surface area contributed by atoms with Gasteiger partial charge in [-0.1, -0.05) is 12.1 Å². The molecule has 8 heteroatoms. The highest BCUT2D eigenvalue weighted by molar-refractivity contribution is 5.87. The van der Waals surface area contributed by atoms with Crippen LogP contribution in [0.25, 0.3) is 5.57 Å². The van der Waals surface area contributed by atoms with Crippen molar-refractivity contribution < 1.29 is 32.6 Å². The molecule has 0 saturated carbocycles. The minimum Gasteiger partial charge on any atom is -0.480 e. The summed E-state index contributed by atoms with van der Waals surface area (Å²) in [5, 5.41) is 9.31. The van der Waals surface area contributed by atoms with E-state index < -0.39 is 35.4 Å². The van der Waals surface area contributed by atoms with Crippen LogP contribution in [0.3, 0.4) is 0 Å². The average Bonchev–Trinajstić information content (AvgIpc) is 2.90. The number of hydrogen-bond acceptors (Lipinski definition) is 3. The average molecular weight is 357 g/mol. The first-order valence-electron chi connectivity index (χ1n) is 7.51. The molecule has 1 aliphatic rings. The number of halogens is 3. The van der Waals surface area contributed by atoms with Crippen LogP contribution in [0.1, 0.15) is 38.3 Å². The quantitative estimate of drug-likeness (QED) is 0.864. The van der Waals surface area contributed by atoms with E-state index in [9.17, 15) is 27.9 Å². The minimum absolute atomic E-state index is 0.0139. The molecule has 0 radical (unpaired) electrons. The van der Waals surface area contributed by atoms with E-state index in [1.807, 2.05) is 0 Å². The number of aliphatic carboxylic acids is 1. The standard InChI is InChI=1S/C17H18F3NO4/c1-16(2,3)25-15(24)21-9-11(8-13(21)14(22)23)10-4-6-12(7-5-10)17(18,19)20/h4-7,9,13H,8H2,1-3H3,(H,22,23)/t13-/m0/s1. The summed E-state index contributed by atoms with van der Waals surface area (Å²) in [7, 11) is 0. The molecular weight excluding hydrogens is 339 g/mol. The van der Waals surface area contributed by atoms with Crippen molar-refractivity contribution in [3.05, 3.63) is 41.6 Å². The number of carbonyl (C=O) groups excluding carboxylic acids is 1. The van der Waals surface area contributed by atoms with Crippen molar-refractivity contribution in [1.29, 1.82) is 0 Å². The molecule has 1 heterocycles. The summed E-state index contributed by atoms with van der Waals surface area (Å²) in [6.07, 6.45) is -3.97. The van der Waals surface area contributed by atoms with E-state index in [2.05, 4.69) is 0 Å². The Morgan fingerprint density at radius 1 is 1.16 bits per heavy atom. The van der Waals surface area contributed by atoms with Crippen molar-refractivity contribution in [2.75, 3.05) is 0 Å². The molecule has 1 aliphatic heterocycles. The van der Waals surface area contributed by atoms with E-state index in [-0.39, 0.29) is 6.42 Å². The van der Waals surface area contributed by atoms with Crippen LogP contribution in [0.15, 0.2) is 30.5 Å². The van der Waals surface area contributed by atoms with E-state index in [0.717, 1.165) is 17.0 Å². The maximum Gasteiger partial charge on any atom is 0.416 e. The Bertz CT molecular complexity index is 702. The summed E-state index contributed by atoms with van der Waals surface area (Å²) >= 11 is 0. The van der Waals surface area contributed by atoms with Crippen LogP contribution >= 0.6 is 0 Å². The molecule has 1 aromatic carbocycles. The Labute approximate surface area is 142 Å². The third-order valence-electron chi connectivity index (χ3n) is 3.52. The number of ether oxygens (including phenoxy) is 1. The normalized spacial score (nSPS) is 18.1. The maximum absolute atomic E-state index is 12.6. The maximum atomic E-state index is 12.6. The second-order valence-corrected chi connectivity index (χ2v) is 6.68. The number of rotatable bonds is 2. The monoisotopic (exact) mass is 357 g/mol. The minimum atomic E-state index is -4.45. The summed E-state index contributed by atoms with van der Waals surface area (Å²) < 4.78 is 43.1. The molecule has 0 spiro atoms. The first-order valence-corrected chi connectivity index (χ1v) is 7.51. The molecule has 0 aliphatic carbocycles. The fraction of sp³-hybridized carbons (Fsp3) is 0.412. The van der Waals surface area contributed by atoms with Gasteiger partial charge in [-0.25, -0.2) is 9.59 Å². The predicted molar refractivity (Wildman–Crippen MR) is 83.5 cm³/mol. The van der Waals surface area contributed by atoms with Gasteiger partial charge in [-0.3, -0.25) is 4.90 Å². The van der Waals surface area contributed by atoms with Crippen molar-refractivity contribution in [3.8, 4) is 0 Å². The molecule has 1 N–H and O–H groups in total. The topological polar surface area (TPSA) is 66.8 Å².